The monoisotopic (exact) mass is 324 g/mol. The summed E-state index contributed by atoms with van der Waals surface area (Å²) in [5.74, 6) is 1.53. The fraction of sp³-hybridized carbons (Fsp3) is 0.357. The molecule has 0 atom stereocenters. The lowest BCUT2D eigenvalue weighted by atomic mass is 10.2. The molecule has 0 amide bonds. The molecule has 0 bridgehead atoms. The first kappa shape index (κ1) is 13.9. The molecule has 4 nitrogen and oxygen atoms in total. The molecule has 0 spiro atoms. The van der Waals surface area contributed by atoms with Crippen LogP contribution in [-0.2, 0) is 18.5 Å². The molecule has 102 valence electrons. The van der Waals surface area contributed by atoms with E-state index in [1.54, 1.807) is 7.11 Å². The van der Waals surface area contributed by atoms with E-state index in [0.29, 0.717) is 6.61 Å². The van der Waals surface area contributed by atoms with Gasteiger partial charge >= 0.3 is 0 Å². The van der Waals surface area contributed by atoms with Crippen LogP contribution in [0.15, 0.2) is 30.6 Å². The fourth-order valence-electron chi connectivity index (χ4n) is 1.80. The summed E-state index contributed by atoms with van der Waals surface area (Å²) < 4.78 is 13.1. The van der Waals surface area contributed by atoms with Crippen LogP contribution >= 0.6 is 15.9 Å². The number of benzene rings is 1. The van der Waals surface area contributed by atoms with Gasteiger partial charge in [-0.25, -0.2) is 0 Å². The average molecular weight is 325 g/mol. The summed E-state index contributed by atoms with van der Waals surface area (Å²) in [5.41, 5.74) is 2.12. The van der Waals surface area contributed by atoms with E-state index in [-0.39, 0.29) is 0 Å². The number of alkyl halides is 1. The third-order valence-electron chi connectivity index (χ3n) is 2.82. The van der Waals surface area contributed by atoms with E-state index in [0.717, 1.165) is 34.5 Å². The van der Waals surface area contributed by atoms with Gasteiger partial charge in [-0.1, -0.05) is 28.1 Å². The molecular weight excluding hydrogens is 308 g/mol. The summed E-state index contributed by atoms with van der Waals surface area (Å²) in [4.78, 5) is 0. The van der Waals surface area contributed by atoms with Crippen LogP contribution < -0.4 is 9.47 Å². The van der Waals surface area contributed by atoms with Gasteiger partial charge in [0, 0.05) is 29.2 Å². The zero-order valence-electron chi connectivity index (χ0n) is 11.1. The first-order chi connectivity index (χ1) is 9.28. The first-order valence-corrected chi connectivity index (χ1v) is 7.26. The van der Waals surface area contributed by atoms with E-state index in [1.165, 1.54) is 0 Å². The molecular formula is C14H17BrN2O2. The van der Waals surface area contributed by atoms with E-state index in [9.17, 15) is 0 Å². The van der Waals surface area contributed by atoms with E-state index in [1.807, 2.05) is 35.3 Å². The SMILES string of the molecule is CCn1cc(COc2c(CBr)cccc2OC)cn1. The predicted octanol–water partition coefficient (Wildman–Crippen LogP) is 3.39. The van der Waals surface area contributed by atoms with Crippen LogP contribution in [-0.4, -0.2) is 16.9 Å². The quantitative estimate of drug-likeness (QED) is 0.764. The zero-order valence-corrected chi connectivity index (χ0v) is 12.7. The highest BCUT2D eigenvalue weighted by atomic mass is 79.9. The number of para-hydroxylation sites is 1. The van der Waals surface area contributed by atoms with Crippen LogP contribution in [0.1, 0.15) is 18.1 Å². The molecule has 2 rings (SSSR count). The van der Waals surface area contributed by atoms with E-state index in [2.05, 4.69) is 28.0 Å². The summed E-state index contributed by atoms with van der Waals surface area (Å²) >= 11 is 3.46. The number of ether oxygens (including phenoxy) is 2. The van der Waals surface area contributed by atoms with E-state index < -0.39 is 0 Å². The third kappa shape index (κ3) is 3.29. The molecule has 5 heteroatoms. The predicted molar refractivity (Wildman–Crippen MR) is 77.9 cm³/mol. The normalized spacial score (nSPS) is 10.5. The van der Waals surface area contributed by atoms with Crippen LogP contribution in [0.5, 0.6) is 11.5 Å². The first-order valence-electron chi connectivity index (χ1n) is 6.14. The van der Waals surface area contributed by atoms with Crippen LogP contribution in [0.25, 0.3) is 0 Å². The molecule has 1 aromatic heterocycles. The molecule has 0 N–H and O–H groups in total. The molecule has 0 saturated heterocycles. The molecule has 0 radical (unpaired) electrons. The molecule has 0 saturated carbocycles. The second-order valence-electron chi connectivity index (χ2n) is 4.08. The van der Waals surface area contributed by atoms with Crippen molar-refractivity contribution in [2.24, 2.45) is 0 Å². The Morgan fingerprint density at radius 3 is 2.84 bits per heavy atom. The maximum Gasteiger partial charge on any atom is 0.165 e. The van der Waals surface area contributed by atoms with Gasteiger partial charge in [0.1, 0.15) is 6.61 Å². The van der Waals surface area contributed by atoms with Crippen LogP contribution in [0.3, 0.4) is 0 Å². The van der Waals surface area contributed by atoms with Gasteiger partial charge in [0.2, 0.25) is 0 Å². The number of aryl methyl sites for hydroxylation is 1. The number of rotatable bonds is 6. The molecule has 0 unspecified atom stereocenters. The topological polar surface area (TPSA) is 36.3 Å². The lowest BCUT2D eigenvalue weighted by molar-refractivity contribution is 0.282. The van der Waals surface area contributed by atoms with Crippen molar-refractivity contribution in [2.75, 3.05) is 7.11 Å². The van der Waals surface area contributed by atoms with Crippen molar-refractivity contribution in [1.29, 1.82) is 0 Å². The van der Waals surface area contributed by atoms with Crippen molar-refractivity contribution in [2.45, 2.75) is 25.4 Å². The highest BCUT2D eigenvalue weighted by Gasteiger charge is 2.10. The summed E-state index contributed by atoms with van der Waals surface area (Å²) in [5, 5.41) is 4.96. The third-order valence-corrected chi connectivity index (χ3v) is 3.42. The summed E-state index contributed by atoms with van der Waals surface area (Å²) in [7, 11) is 1.65. The Kier molecular flexibility index (Phi) is 4.85. The minimum Gasteiger partial charge on any atom is -0.493 e. The highest BCUT2D eigenvalue weighted by Crippen LogP contribution is 2.32. The number of hydrogen-bond acceptors (Lipinski definition) is 3. The Morgan fingerprint density at radius 1 is 1.37 bits per heavy atom. The molecule has 1 heterocycles. The largest absolute Gasteiger partial charge is 0.493 e. The Balaban J connectivity index is 2.13. The summed E-state index contributed by atoms with van der Waals surface area (Å²) in [6, 6.07) is 5.87. The second kappa shape index (κ2) is 6.61. The van der Waals surface area contributed by atoms with Crippen molar-refractivity contribution < 1.29 is 9.47 Å². The zero-order chi connectivity index (χ0) is 13.7. The van der Waals surface area contributed by atoms with Gasteiger partial charge < -0.3 is 9.47 Å². The number of hydrogen-bond donors (Lipinski definition) is 0. The maximum atomic E-state index is 5.89. The van der Waals surface area contributed by atoms with Gasteiger partial charge in [-0.15, -0.1) is 0 Å². The number of methoxy groups -OCH3 is 1. The van der Waals surface area contributed by atoms with Crippen LogP contribution in [0.4, 0.5) is 0 Å². The van der Waals surface area contributed by atoms with Crippen molar-refractivity contribution in [1.82, 2.24) is 9.78 Å². The molecule has 0 fully saturated rings. The van der Waals surface area contributed by atoms with Crippen molar-refractivity contribution in [3.05, 3.63) is 41.7 Å². The van der Waals surface area contributed by atoms with E-state index in [4.69, 9.17) is 9.47 Å². The number of halogens is 1. The maximum absolute atomic E-state index is 5.89. The van der Waals surface area contributed by atoms with Crippen molar-refractivity contribution in [3.63, 3.8) is 0 Å². The minimum atomic E-state index is 0.486. The second-order valence-corrected chi connectivity index (χ2v) is 4.64. The fourth-order valence-corrected chi connectivity index (χ4v) is 2.24. The number of aromatic nitrogens is 2. The standard InChI is InChI=1S/C14H17BrN2O2/c1-3-17-9-11(8-16-17)10-19-14-12(7-15)5-4-6-13(14)18-2/h4-6,8-9H,3,7,10H2,1-2H3. The lowest BCUT2D eigenvalue weighted by Gasteiger charge is -2.13. The van der Waals surface area contributed by atoms with Gasteiger partial charge in [-0.3, -0.25) is 4.68 Å². The van der Waals surface area contributed by atoms with E-state index >= 15 is 0 Å². The van der Waals surface area contributed by atoms with Crippen LogP contribution in [0, 0.1) is 0 Å². The minimum absolute atomic E-state index is 0.486. The highest BCUT2D eigenvalue weighted by molar-refractivity contribution is 9.08. The van der Waals surface area contributed by atoms with Crippen molar-refractivity contribution in [3.8, 4) is 11.5 Å². The summed E-state index contributed by atoms with van der Waals surface area (Å²) in [6.45, 7) is 3.41. The number of nitrogens with zero attached hydrogens (tertiary/aromatic N) is 2. The molecule has 2 aromatic rings. The van der Waals surface area contributed by atoms with Gasteiger partial charge in [0.15, 0.2) is 11.5 Å². The Hall–Kier alpha value is -1.49. The Bertz CT molecular complexity index is 518. The molecule has 0 aliphatic carbocycles. The molecule has 0 aliphatic rings. The smallest absolute Gasteiger partial charge is 0.165 e. The molecule has 19 heavy (non-hydrogen) atoms. The van der Waals surface area contributed by atoms with Gasteiger partial charge in [0.05, 0.1) is 13.3 Å². The molecule has 1 aromatic carbocycles. The summed E-state index contributed by atoms with van der Waals surface area (Å²) in [6.07, 6.45) is 3.82. The average Bonchev–Trinajstić information content (AvgIpc) is 2.92. The Labute approximate surface area is 121 Å². The Morgan fingerprint density at radius 2 is 2.21 bits per heavy atom. The van der Waals surface area contributed by atoms with Crippen LogP contribution in [0.2, 0.25) is 0 Å². The van der Waals surface area contributed by atoms with Crippen molar-refractivity contribution >= 4 is 15.9 Å². The lowest BCUT2D eigenvalue weighted by Crippen LogP contribution is -2.00. The van der Waals surface area contributed by atoms with Gasteiger partial charge in [-0.2, -0.15) is 5.10 Å². The van der Waals surface area contributed by atoms with Gasteiger partial charge in [-0.05, 0) is 13.0 Å². The van der Waals surface area contributed by atoms with Gasteiger partial charge in [0.25, 0.3) is 0 Å². The molecule has 0 aliphatic heterocycles.